The first-order valence-electron chi connectivity index (χ1n) is 7.97. The average Bonchev–Trinajstić information content (AvgIpc) is 3.24. The number of rotatable bonds is 3. The van der Waals surface area contributed by atoms with E-state index < -0.39 is 0 Å². The van der Waals surface area contributed by atoms with E-state index in [1.165, 1.54) is 28.3 Å². The van der Waals surface area contributed by atoms with Crippen molar-refractivity contribution in [3.8, 4) is 11.5 Å². The van der Waals surface area contributed by atoms with Crippen molar-refractivity contribution in [2.75, 3.05) is 18.0 Å². The Balaban J connectivity index is 1.68. The van der Waals surface area contributed by atoms with E-state index in [1.54, 1.807) is 12.4 Å². The van der Waals surface area contributed by atoms with Crippen LogP contribution in [0.1, 0.15) is 19.8 Å². The molecule has 1 atom stereocenters. The molecule has 9 nitrogen and oxygen atoms in total. The molecule has 3 aromatic heterocycles. The van der Waals surface area contributed by atoms with Crippen LogP contribution in [0.25, 0.3) is 11.5 Å². The lowest BCUT2D eigenvalue weighted by Gasteiger charge is -2.31. The molecule has 1 aliphatic heterocycles. The molecule has 124 valence electrons. The van der Waals surface area contributed by atoms with Crippen LogP contribution >= 0.6 is 0 Å². The molecule has 1 aliphatic rings. The van der Waals surface area contributed by atoms with Crippen molar-refractivity contribution in [2.45, 2.75) is 19.8 Å². The van der Waals surface area contributed by atoms with Gasteiger partial charge in [-0.3, -0.25) is 9.89 Å². The minimum absolute atomic E-state index is 0.239. The Hall–Kier alpha value is -2.97. The van der Waals surface area contributed by atoms with Gasteiger partial charge in [0.25, 0.3) is 5.56 Å². The van der Waals surface area contributed by atoms with Crippen LogP contribution in [-0.4, -0.2) is 47.8 Å². The van der Waals surface area contributed by atoms with Crippen molar-refractivity contribution in [3.63, 3.8) is 0 Å². The second-order valence-corrected chi connectivity index (χ2v) is 6.07. The van der Waals surface area contributed by atoms with Gasteiger partial charge < -0.3 is 4.90 Å². The molecule has 0 bridgehead atoms. The molecular formula is C15H18N8O. The normalized spacial score (nSPS) is 18.0. The van der Waals surface area contributed by atoms with E-state index in [1.807, 2.05) is 6.07 Å². The highest BCUT2D eigenvalue weighted by Crippen LogP contribution is 2.21. The third-order valence-corrected chi connectivity index (χ3v) is 4.27. The van der Waals surface area contributed by atoms with Gasteiger partial charge in [0.05, 0.1) is 18.6 Å². The van der Waals surface area contributed by atoms with Crippen molar-refractivity contribution in [2.24, 2.45) is 5.92 Å². The quantitative estimate of drug-likeness (QED) is 0.763. The molecule has 0 saturated carbocycles. The van der Waals surface area contributed by atoms with Gasteiger partial charge in [0.2, 0.25) is 0 Å². The third-order valence-electron chi connectivity index (χ3n) is 4.27. The Bertz CT molecular complexity index is 881. The lowest BCUT2D eigenvalue weighted by Crippen LogP contribution is -2.35. The van der Waals surface area contributed by atoms with Gasteiger partial charge in [-0.2, -0.15) is 4.68 Å². The van der Waals surface area contributed by atoms with Crippen molar-refractivity contribution in [1.82, 2.24) is 34.7 Å². The fourth-order valence-electron chi connectivity index (χ4n) is 3.06. The van der Waals surface area contributed by atoms with Crippen molar-refractivity contribution in [1.29, 1.82) is 0 Å². The SMILES string of the molecule is CC1CCCN(c2cc(-n3[nH]cc(-n4ccnn4)c3=O)ncn2)C1. The molecule has 0 radical (unpaired) electrons. The van der Waals surface area contributed by atoms with Gasteiger partial charge in [0, 0.05) is 19.2 Å². The Morgan fingerprint density at radius 3 is 2.96 bits per heavy atom. The fourth-order valence-corrected chi connectivity index (χ4v) is 3.06. The smallest absolute Gasteiger partial charge is 0.298 e. The minimum Gasteiger partial charge on any atom is -0.356 e. The van der Waals surface area contributed by atoms with Gasteiger partial charge in [-0.15, -0.1) is 5.10 Å². The van der Waals surface area contributed by atoms with Crippen molar-refractivity contribution < 1.29 is 0 Å². The minimum atomic E-state index is -0.239. The van der Waals surface area contributed by atoms with Crippen LogP contribution in [0.15, 0.2) is 35.8 Å². The molecule has 1 saturated heterocycles. The van der Waals surface area contributed by atoms with E-state index in [2.05, 4.69) is 37.2 Å². The monoisotopic (exact) mass is 326 g/mol. The van der Waals surface area contributed by atoms with Crippen LogP contribution < -0.4 is 10.5 Å². The maximum Gasteiger partial charge on any atom is 0.298 e. The first-order chi connectivity index (χ1) is 11.7. The van der Waals surface area contributed by atoms with E-state index >= 15 is 0 Å². The summed E-state index contributed by atoms with van der Waals surface area (Å²) in [4.78, 5) is 23.4. The van der Waals surface area contributed by atoms with Gasteiger partial charge in [-0.05, 0) is 18.8 Å². The maximum atomic E-state index is 12.6. The number of aromatic nitrogens is 7. The van der Waals surface area contributed by atoms with Crippen LogP contribution in [0.4, 0.5) is 5.82 Å². The van der Waals surface area contributed by atoms with E-state index in [4.69, 9.17) is 0 Å². The Kier molecular flexibility index (Phi) is 3.60. The molecule has 1 fully saturated rings. The summed E-state index contributed by atoms with van der Waals surface area (Å²) in [6.07, 6.45) is 8.62. The summed E-state index contributed by atoms with van der Waals surface area (Å²) in [5.41, 5.74) is 0.149. The predicted octanol–water partition coefficient (Wildman–Crippen LogP) is 0.773. The summed E-state index contributed by atoms with van der Waals surface area (Å²) in [5.74, 6) is 1.99. The van der Waals surface area contributed by atoms with E-state index in [0.717, 1.165) is 25.3 Å². The molecule has 24 heavy (non-hydrogen) atoms. The Labute approximate surface area is 137 Å². The van der Waals surface area contributed by atoms with Crippen molar-refractivity contribution in [3.05, 3.63) is 41.3 Å². The Morgan fingerprint density at radius 2 is 2.17 bits per heavy atom. The predicted molar refractivity (Wildman–Crippen MR) is 87.5 cm³/mol. The summed E-state index contributed by atoms with van der Waals surface area (Å²) >= 11 is 0. The van der Waals surface area contributed by atoms with E-state index in [9.17, 15) is 4.79 Å². The molecule has 1 N–H and O–H groups in total. The fraction of sp³-hybridized carbons (Fsp3) is 0.400. The van der Waals surface area contributed by atoms with Gasteiger partial charge in [0.1, 0.15) is 12.1 Å². The molecule has 4 heterocycles. The number of hydrogen-bond acceptors (Lipinski definition) is 6. The number of anilines is 1. The zero-order chi connectivity index (χ0) is 16.5. The number of hydrogen-bond donors (Lipinski definition) is 1. The van der Waals surface area contributed by atoms with E-state index in [0.29, 0.717) is 17.4 Å². The zero-order valence-electron chi connectivity index (χ0n) is 13.3. The van der Waals surface area contributed by atoms with Crippen LogP contribution in [0.5, 0.6) is 0 Å². The zero-order valence-corrected chi connectivity index (χ0v) is 13.3. The molecule has 0 aliphatic carbocycles. The summed E-state index contributed by atoms with van der Waals surface area (Å²) in [6, 6.07) is 1.83. The second kappa shape index (κ2) is 5.91. The molecule has 0 aromatic carbocycles. The lowest BCUT2D eigenvalue weighted by molar-refractivity contribution is 0.444. The highest BCUT2D eigenvalue weighted by atomic mass is 16.1. The number of aromatic amines is 1. The second-order valence-electron chi connectivity index (χ2n) is 6.07. The highest BCUT2D eigenvalue weighted by Gasteiger charge is 2.19. The molecule has 3 aromatic rings. The summed E-state index contributed by atoms with van der Waals surface area (Å²) < 4.78 is 2.80. The van der Waals surface area contributed by atoms with Crippen LogP contribution in [0, 0.1) is 5.92 Å². The Morgan fingerprint density at radius 1 is 1.29 bits per heavy atom. The first kappa shape index (κ1) is 14.6. The van der Waals surface area contributed by atoms with Gasteiger partial charge in [-0.1, -0.05) is 12.1 Å². The van der Waals surface area contributed by atoms with Crippen LogP contribution in [0.3, 0.4) is 0 Å². The summed E-state index contributed by atoms with van der Waals surface area (Å²) in [5, 5.41) is 10.5. The van der Waals surface area contributed by atoms with E-state index in [-0.39, 0.29) is 5.56 Å². The largest absolute Gasteiger partial charge is 0.356 e. The van der Waals surface area contributed by atoms with Crippen LogP contribution in [0.2, 0.25) is 0 Å². The lowest BCUT2D eigenvalue weighted by atomic mass is 10.0. The maximum absolute atomic E-state index is 12.6. The molecule has 0 amide bonds. The molecule has 9 heteroatoms. The molecule has 1 unspecified atom stereocenters. The van der Waals surface area contributed by atoms with Gasteiger partial charge in [0.15, 0.2) is 11.5 Å². The number of H-pyrrole nitrogens is 1. The van der Waals surface area contributed by atoms with Gasteiger partial charge >= 0.3 is 0 Å². The van der Waals surface area contributed by atoms with Crippen LogP contribution in [-0.2, 0) is 0 Å². The molecular weight excluding hydrogens is 308 g/mol. The van der Waals surface area contributed by atoms with Gasteiger partial charge in [-0.25, -0.2) is 14.6 Å². The standard InChI is InChI=1S/C15H18N8O/c1-11-3-2-5-21(9-11)13-7-14(17-10-16-13)23-15(24)12(8-19-23)22-6-4-18-20-22/h4,6-8,10-11,19H,2-3,5,9H2,1H3. The summed E-state index contributed by atoms with van der Waals surface area (Å²) in [7, 11) is 0. The summed E-state index contributed by atoms with van der Waals surface area (Å²) in [6.45, 7) is 4.19. The first-order valence-corrected chi connectivity index (χ1v) is 7.97. The number of nitrogens with zero attached hydrogens (tertiary/aromatic N) is 7. The molecule has 0 spiro atoms. The number of nitrogens with one attached hydrogen (secondary N) is 1. The highest BCUT2D eigenvalue weighted by molar-refractivity contribution is 5.44. The van der Waals surface area contributed by atoms with Crippen molar-refractivity contribution >= 4 is 5.82 Å². The average molecular weight is 326 g/mol. The number of piperidine rings is 1. The third kappa shape index (κ3) is 2.57. The molecule has 4 rings (SSSR count). The topological polar surface area (TPSA) is 97.5 Å².